The molecule has 0 spiro atoms. The molecule has 0 saturated carbocycles. The normalized spacial score (nSPS) is 12.0. The second kappa shape index (κ2) is 6.00. The molecule has 0 atom stereocenters. The number of benzene rings is 1. The van der Waals surface area contributed by atoms with Crippen LogP contribution in [0.1, 0.15) is 25.3 Å². The van der Waals surface area contributed by atoms with Crippen molar-refractivity contribution in [3.8, 4) is 6.07 Å². The summed E-state index contributed by atoms with van der Waals surface area (Å²) in [5, 5.41) is 8.49. The summed E-state index contributed by atoms with van der Waals surface area (Å²) >= 11 is 11.3. The maximum atomic E-state index is 13.5. The first-order chi connectivity index (χ1) is 8.01. The van der Waals surface area contributed by atoms with E-state index < -0.39 is 11.6 Å². The fourth-order valence-electron chi connectivity index (χ4n) is 1.32. The molecule has 0 aliphatic heterocycles. The molecular weight excluding hydrogens is 267 g/mol. The summed E-state index contributed by atoms with van der Waals surface area (Å²) in [6.07, 6.45) is 1.11. The fraction of sp³-hybridized carbons (Fsp3) is 0.250. The maximum Gasteiger partial charge on any atom is 0.142 e. The average molecular weight is 276 g/mol. The zero-order chi connectivity index (χ0) is 13.0. The largest absolute Gasteiger partial charge is 0.206 e. The summed E-state index contributed by atoms with van der Waals surface area (Å²) in [6, 6.07) is 3.63. The summed E-state index contributed by atoms with van der Waals surface area (Å²) in [7, 11) is 0. The van der Waals surface area contributed by atoms with Gasteiger partial charge < -0.3 is 0 Å². The van der Waals surface area contributed by atoms with Crippen LogP contribution in [0.5, 0.6) is 0 Å². The lowest BCUT2D eigenvalue weighted by Crippen LogP contribution is -1.92. The van der Waals surface area contributed by atoms with E-state index in [2.05, 4.69) is 0 Å². The van der Waals surface area contributed by atoms with Crippen LogP contribution >= 0.6 is 23.2 Å². The minimum Gasteiger partial charge on any atom is -0.206 e. The quantitative estimate of drug-likeness (QED) is 0.569. The van der Waals surface area contributed by atoms with Gasteiger partial charge in [-0.2, -0.15) is 5.26 Å². The number of allylic oxidation sites excluding steroid dienone is 1. The summed E-state index contributed by atoms with van der Waals surface area (Å²) in [5.41, 5.74) is 0.0911. The molecule has 0 heterocycles. The van der Waals surface area contributed by atoms with Crippen molar-refractivity contribution in [2.45, 2.75) is 19.8 Å². The van der Waals surface area contributed by atoms with E-state index in [4.69, 9.17) is 28.5 Å². The standard InChI is InChI=1S/C12H9Cl2F2N/c1-2-3-7(6-17)12(14)8-4-11(16)9(13)5-10(8)15/h4-5H,2-3H2,1H3/b12-7-. The third-order valence-corrected chi connectivity index (χ3v) is 2.87. The van der Waals surface area contributed by atoms with Crippen molar-refractivity contribution in [2.24, 2.45) is 0 Å². The lowest BCUT2D eigenvalue weighted by molar-refractivity contribution is 0.598. The monoisotopic (exact) mass is 275 g/mol. The van der Waals surface area contributed by atoms with Gasteiger partial charge in [0.15, 0.2) is 0 Å². The molecular formula is C12H9Cl2F2N. The Morgan fingerprint density at radius 1 is 1.35 bits per heavy atom. The molecule has 0 aromatic heterocycles. The first-order valence-corrected chi connectivity index (χ1v) is 5.70. The molecule has 0 aliphatic carbocycles. The van der Waals surface area contributed by atoms with Crippen LogP contribution in [0.15, 0.2) is 17.7 Å². The van der Waals surface area contributed by atoms with Crippen molar-refractivity contribution in [1.29, 1.82) is 5.26 Å². The smallest absolute Gasteiger partial charge is 0.142 e. The highest BCUT2D eigenvalue weighted by molar-refractivity contribution is 6.49. The molecule has 1 aromatic carbocycles. The molecule has 0 N–H and O–H groups in total. The molecule has 1 rings (SSSR count). The van der Waals surface area contributed by atoms with E-state index in [1.54, 1.807) is 0 Å². The summed E-state index contributed by atoms with van der Waals surface area (Å²) in [4.78, 5) is 0. The van der Waals surface area contributed by atoms with E-state index in [1.807, 2.05) is 13.0 Å². The highest BCUT2D eigenvalue weighted by Crippen LogP contribution is 2.30. The summed E-state index contributed by atoms with van der Waals surface area (Å²) in [6.45, 7) is 1.86. The lowest BCUT2D eigenvalue weighted by Gasteiger charge is -2.06. The van der Waals surface area contributed by atoms with Gasteiger partial charge in [-0.05, 0) is 18.6 Å². The van der Waals surface area contributed by atoms with Crippen LogP contribution in [0.2, 0.25) is 5.02 Å². The predicted molar refractivity (Wildman–Crippen MR) is 64.7 cm³/mol. The molecule has 90 valence electrons. The first kappa shape index (κ1) is 14.0. The van der Waals surface area contributed by atoms with E-state index >= 15 is 0 Å². The molecule has 0 bridgehead atoms. The van der Waals surface area contributed by atoms with Gasteiger partial charge in [0, 0.05) is 11.1 Å². The van der Waals surface area contributed by atoms with Gasteiger partial charge in [0.2, 0.25) is 0 Å². The molecule has 17 heavy (non-hydrogen) atoms. The first-order valence-electron chi connectivity index (χ1n) is 4.94. The number of hydrogen-bond donors (Lipinski definition) is 0. The Morgan fingerprint density at radius 3 is 2.53 bits per heavy atom. The van der Waals surface area contributed by atoms with Gasteiger partial charge in [-0.15, -0.1) is 0 Å². The SMILES string of the molecule is CCC/C(C#N)=C(/Cl)c1cc(F)c(Cl)cc1F. The molecule has 0 fully saturated rings. The van der Waals surface area contributed by atoms with Crippen LogP contribution < -0.4 is 0 Å². The van der Waals surface area contributed by atoms with Gasteiger partial charge in [0.1, 0.15) is 11.6 Å². The van der Waals surface area contributed by atoms with Crippen molar-refractivity contribution >= 4 is 28.2 Å². The highest BCUT2D eigenvalue weighted by Gasteiger charge is 2.14. The van der Waals surface area contributed by atoms with E-state index in [1.165, 1.54) is 0 Å². The molecule has 5 heteroatoms. The Bertz CT molecular complexity index is 504. The Labute approximate surface area is 108 Å². The number of nitriles is 1. The van der Waals surface area contributed by atoms with Gasteiger partial charge in [-0.25, -0.2) is 8.78 Å². The number of nitrogens with zero attached hydrogens (tertiary/aromatic N) is 1. The van der Waals surface area contributed by atoms with Crippen molar-refractivity contribution < 1.29 is 8.78 Å². The van der Waals surface area contributed by atoms with Crippen LogP contribution in [0, 0.1) is 23.0 Å². The van der Waals surface area contributed by atoms with E-state index in [0.717, 1.165) is 12.1 Å². The molecule has 0 unspecified atom stereocenters. The van der Waals surface area contributed by atoms with Gasteiger partial charge in [-0.1, -0.05) is 36.5 Å². The number of halogens is 4. The van der Waals surface area contributed by atoms with Crippen molar-refractivity contribution in [3.05, 3.63) is 39.9 Å². The fourth-order valence-corrected chi connectivity index (χ4v) is 1.75. The predicted octanol–water partition coefficient (Wildman–Crippen LogP) is 4.89. The number of rotatable bonds is 3. The second-order valence-electron chi connectivity index (χ2n) is 3.40. The zero-order valence-electron chi connectivity index (χ0n) is 9.03. The second-order valence-corrected chi connectivity index (χ2v) is 4.19. The van der Waals surface area contributed by atoms with E-state index in [9.17, 15) is 8.78 Å². The van der Waals surface area contributed by atoms with Crippen LogP contribution in [0.25, 0.3) is 5.03 Å². The van der Waals surface area contributed by atoms with Crippen LogP contribution in [0.4, 0.5) is 8.78 Å². The van der Waals surface area contributed by atoms with Crippen molar-refractivity contribution in [3.63, 3.8) is 0 Å². The molecule has 0 aliphatic rings. The van der Waals surface area contributed by atoms with Crippen LogP contribution in [-0.4, -0.2) is 0 Å². The Morgan fingerprint density at radius 2 is 2.00 bits per heavy atom. The van der Waals surface area contributed by atoms with Gasteiger partial charge in [0.05, 0.1) is 16.1 Å². The lowest BCUT2D eigenvalue weighted by atomic mass is 10.1. The van der Waals surface area contributed by atoms with Crippen LogP contribution in [0.3, 0.4) is 0 Å². The third-order valence-electron chi connectivity index (χ3n) is 2.15. The molecule has 0 amide bonds. The van der Waals surface area contributed by atoms with E-state index in [-0.39, 0.29) is 21.2 Å². The van der Waals surface area contributed by atoms with Crippen LogP contribution in [-0.2, 0) is 0 Å². The Kier molecular flexibility index (Phi) is 4.92. The summed E-state index contributed by atoms with van der Waals surface area (Å²) in [5.74, 6) is -1.51. The van der Waals surface area contributed by atoms with E-state index in [0.29, 0.717) is 12.8 Å². The minimum absolute atomic E-state index is 0.0672. The molecule has 1 aromatic rings. The Hall–Kier alpha value is -1.11. The molecule has 0 saturated heterocycles. The minimum atomic E-state index is -0.769. The van der Waals surface area contributed by atoms with Gasteiger partial charge in [0.25, 0.3) is 0 Å². The Balaban J connectivity index is 3.34. The van der Waals surface area contributed by atoms with Gasteiger partial charge in [-0.3, -0.25) is 0 Å². The zero-order valence-corrected chi connectivity index (χ0v) is 10.5. The average Bonchev–Trinajstić information content (AvgIpc) is 2.30. The summed E-state index contributed by atoms with van der Waals surface area (Å²) < 4.78 is 26.7. The van der Waals surface area contributed by atoms with Gasteiger partial charge >= 0.3 is 0 Å². The maximum absolute atomic E-state index is 13.5. The molecule has 0 radical (unpaired) electrons. The van der Waals surface area contributed by atoms with Crippen molar-refractivity contribution in [1.82, 2.24) is 0 Å². The highest BCUT2D eigenvalue weighted by atomic mass is 35.5. The third kappa shape index (κ3) is 3.18. The topological polar surface area (TPSA) is 23.8 Å². The number of hydrogen-bond acceptors (Lipinski definition) is 1. The van der Waals surface area contributed by atoms with Crippen molar-refractivity contribution in [2.75, 3.05) is 0 Å². The molecule has 1 nitrogen and oxygen atoms in total.